The molecule has 0 aliphatic carbocycles. The molecule has 124 valence electrons. The first-order valence-corrected chi connectivity index (χ1v) is 7.28. The van der Waals surface area contributed by atoms with Gasteiger partial charge in [-0.3, -0.25) is 0 Å². The summed E-state index contributed by atoms with van der Waals surface area (Å²) in [6, 6.07) is 9.26. The van der Waals surface area contributed by atoms with Gasteiger partial charge in [-0.05, 0) is 17.7 Å². The maximum Gasteiger partial charge on any atom is 0.388 e. The highest BCUT2D eigenvalue weighted by Crippen LogP contribution is 2.32. The molecule has 7 nitrogen and oxygen atoms in total. The number of ether oxygens (including phenoxy) is 4. The predicted octanol–water partition coefficient (Wildman–Crippen LogP) is 1.16. The zero-order valence-corrected chi connectivity index (χ0v) is 13.0. The first-order chi connectivity index (χ1) is 11.7. The van der Waals surface area contributed by atoms with Crippen LogP contribution in [-0.2, 0) is 25.7 Å². The number of hydrogen-bond donors (Lipinski definition) is 0. The third-order valence-corrected chi connectivity index (χ3v) is 3.50. The van der Waals surface area contributed by atoms with Gasteiger partial charge in [0, 0.05) is 12.1 Å². The lowest BCUT2D eigenvalue weighted by molar-refractivity contribution is -0.699. The van der Waals surface area contributed by atoms with Crippen molar-refractivity contribution in [3.8, 4) is 11.5 Å². The van der Waals surface area contributed by atoms with Crippen LogP contribution in [0.15, 0.2) is 48.8 Å². The molecule has 0 fully saturated rings. The lowest BCUT2D eigenvalue weighted by Crippen LogP contribution is -2.49. The summed E-state index contributed by atoms with van der Waals surface area (Å²) in [6.45, 7) is 0.185. The van der Waals surface area contributed by atoms with Crippen molar-refractivity contribution in [2.75, 3.05) is 13.9 Å². The molecule has 3 rings (SSSR count). The molecule has 1 unspecified atom stereocenters. The number of pyridine rings is 1. The van der Waals surface area contributed by atoms with Crippen LogP contribution < -0.4 is 14.0 Å². The van der Waals surface area contributed by atoms with Gasteiger partial charge in [-0.15, -0.1) is 0 Å². The Kier molecular flexibility index (Phi) is 4.60. The molecule has 1 aliphatic rings. The van der Waals surface area contributed by atoms with E-state index in [0.717, 1.165) is 5.56 Å². The number of benzene rings is 1. The van der Waals surface area contributed by atoms with Crippen LogP contribution in [0.5, 0.6) is 11.5 Å². The predicted molar refractivity (Wildman–Crippen MR) is 80.1 cm³/mol. The van der Waals surface area contributed by atoms with Gasteiger partial charge >= 0.3 is 18.0 Å². The van der Waals surface area contributed by atoms with E-state index in [0.29, 0.717) is 11.5 Å². The number of carbonyl (C=O) groups is 2. The summed E-state index contributed by atoms with van der Waals surface area (Å²) < 4.78 is 21.9. The van der Waals surface area contributed by atoms with E-state index in [1.807, 2.05) is 0 Å². The Bertz CT molecular complexity index is 746. The van der Waals surface area contributed by atoms with E-state index < -0.39 is 18.0 Å². The molecule has 0 bridgehead atoms. The standard InChI is InChI=1S/C17H16NO6/c1-21-16(19)15(18-7-3-2-4-8-18)17(20)22-10-12-5-6-13-14(9-12)24-11-23-13/h2-9,15H,10-11H2,1H3/q+1. The van der Waals surface area contributed by atoms with Crippen molar-refractivity contribution < 1.29 is 33.1 Å². The second kappa shape index (κ2) is 6.99. The van der Waals surface area contributed by atoms with Crippen LogP contribution in [0.25, 0.3) is 0 Å². The summed E-state index contributed by atoms with van der Waals surface area (Å²) in [6.07, 6.45) is 3.20. The van der Waals surface area contributed by atoms with Gasteiger partial charge in [0.25, 0.3) is 0 Å². The van der Waals surface area contributed by atoms with Crippen LogP contribution in [0.4, 0.5) is 0 Å². The third-order valence-electron chi connectivity index (χ3n) is 3.50. The topological polar surface area (TPSA) is 74.9 Å². The molecule has 0 spiro atoms. The lowest BCUT2D eigenvalue weighted by Gasteiger charge is -2.10. The van der Waals surface area contributed by atoms with Gasteiger partial charge in [0.15, 0.2) is 23.9 Å². The average Bonchev–Trinajstić information content (AvgIpc) is 3.08. The minimum Gasteiger partial charge on any atom is -0.464 e. The zero-order valence-electron chi connectivity index (χ0n) is 13.0. The van der Waals surface area contributed by atoms with Crippen molar-refractivity contribution >= 4 is 11.9 Å². The molecular formula is C17H16NO6+. The monoisotopic (exact) mass is 330 g/mol. The highest BCUT2D eigenvalue weighted by atomic mass is 16.7. The van der Waals surface area contributed by atoms with Gasteiger partial charge < -0.3 is 18.9 Å². The fraction of sp³-hybridized carbons (Fsp3) is 0.235. The van der Waals surface area contributed by atoms with Crippen molar-refractivity contribution in [1.82, 2.24) is 0 Å². The summed E-state index contributed by atoms with van der Waals surface area (Å²) in [7, 11) is 1.23. The third kappa shape index (κ3) is 3.29. The number of esters is 2. The van der Waals surface area contributed by atoms with Crippen LogP contribution in [0.1, 0.15) is 11.6 Å². The van der Waals surface area contributed by atoms with E-state index >= 15 is 0 Å². The average molecular weight is 330 g/mol. The molecule has 7 heteroatoms. The SMILES string of the molecule is COC(=O)C(C(=O)OCc1ccc2c(c1)OCO2)[n+]1ccccc1. The maximum absolute atomic E-state index is 12.4. The zero-order chi connectivity index (χ0) is 16.9. The number of hydrogen-bond acceptors (Lipinski definition) is 6. The summed E-state index contributed by atoms with van der Waals surface area (Å²) in [4.78, 5) is 24.3. The van der Waals surface area contributed by atoms with Crippen LogP contribution in [0.3, 0.4) is 0 Å². The quantitative estimate of drug-likeness (QED) is 0.465. The minimum absolute atomic E-state index is 0.0103. The first-order valence-electron chi connectivity index (χ1n) is 7.28. The van der Waals surface area contributed by atoms with E-state index in [2.05, 4.69) is 0 Å². The van der Waals surface area contributed by atoms with Crippen molar-refractivity contribution in [3.63, 3.8) is 0 Å². The second-order valence-corrected chi connectivity index (χ2v) is 5.04. The van der Waals surface area contributed by atoms with Gasteiger partial charge in [-0.1, -0.05) is 12.1 Å². The van der Waals surface area contributed by atoms with E-state index in [-0.39, 0.29) is 13.4 Å². The number of rotatable bonds is 5. The molecule has 1 atom stereocenters. The number of methoxy groups -OCH3 is 1. The maximum atomic E-state index is 12.4. The Morgan fingerprint density at radius 2 is 1.88 bits per heavy atom. The molecule has 1 aromatic carbocycles. The van der Waals surface area contributed by atoms with Crippen LogP contribution in [-0.4, -0.2) is 25.8 Å². The number of fused-ring (bicyclic) bond motifs is 1. The number of nitrogens with zero attached hydrogens (tertiary/aromatic N) is 1. The molecule has 2 aromatic rings. The van der Waals surface area contributed by atoms with E-state index in [9.17, 15) is 9.59 Å². The van der Waals surface area contributed by atoms with Crippen LogP contribution in [0, 0.1) is 0 Å². The fourth-order valence-corrected chi connectivity index (χ4v) is 2.30. The van der Waals surface area contributed by atoms with Crippen molar-refractivity contribution in [3.05, 3.63) is 54.4 Å². The Hall–Kier alpha value is -3.09. The van der Waals surface area contributed by atoms with Gasteiger partial charge in [-0.25, -0.2) is 9.59 Å². The summed E-state index contributed by atoms with van der Waals surface area (Å²) in [5, 5.41) is 0. The molecule has 1 aromatic heterocycles. The Morgan fingerprint density at radius 1 is 1.12 bits per heavy atom. The minimum atomic E-state index is -1.19. The van der Waals surface area contributed by atoms with Gasteiger partial charge in [0.05, 0.1) is 7.11 Å². The normalized spacial score (nSPS) is 13.2. The fourth-order valence-electron chi connectivity index (χ4n) is 2.30. The summed E-state index contributed by atoms with van der Waals surface area (Å²) in [5.41, 5.74) is 0.731. The summed E-state index contributed by atoms with van der Waals surface area (Å²) in [5.74, 6) is -0.138. The summed E-state index contributed by atoms with van der Waals surface area (Å²) >= 11 is 0. The van der Waals surface area contributed by atoms with Crippen LogP contribution in [0.2, 0.25) is 0 Å². The molecule has 0 saturated carbocycles. The van der Waals surface area contributed by atoms with Crippen molar-refractivity contribution in [1.29, 1.82) is 0 Å². The lowest BCUT2D eigenvalue weighted by atomic mass is 10.2. The number of aromatic nitrogens is 1. The molecule has 0 amide bonds. The molecule has 0 N–H and O–H groups in total. The van der Waals surface area contributed by atoms with Gasteiger partial charge in [-0.2, -0.15) is 4.57 Å². The molecule has 1 aliphatic heterocycles. The highest BCUT2D eigenvalue weighted by Gasteiger charge is 2.38. The van der Waals surface area contributed by atoms with E-state index in [1.165, 1.54) is 11.7 Å². The Labute approximate surface area is 138 Å². The second-order valence-electron chi connectivity index (χ2n) is 5.04. The Morgan fingerprint density at radius 3 is 2.62 bits per heavy atom. The smallest absolute Gasteiger partial charge is 0.388 e. The van der Waals surface area contributed by atoms with Gasteiger partial charge in [0.2, 0.25) is 6.79 Å². The highest BCUT2D eigenvalue weighted by molar-refractivity contribution is 5.95. The van der Waals surface area contributed by atoms with Crippen LogP contribution >= 0.6 is 0 Å². The Balaban J connectivity index is 1.71. The molecule has 24 heavy (non-hydrogen) atoms. The van der Waals surface area contributed by atoms with E-state index in [1.54, 1.807) is 48.8 Å². The first kappa shape index (κ1) is 15.8. The largest absolute Gasteiger partial charge is 0.464 e. The number of carbonyl (C=O) groups excluding carboxylic acids is 2. The molecule has 0 radical (unpaired) electrons. The molecular weight excluding hydrogens is 314 g/mol. The van der Waals surface area contributed by atoms with Crippen molar-refractivity contribution in [2.24, 2.45) is 0 Å². The van der Waals surface area contributed by atoms with Gasteiger partial charge in [0.1, 0.15) is 6.61 Å². The van der Waals surface area contributed by atoms with Crippen molar-refractivity contribution in [2.45, 2.75) is 12.6 Å². The molecule has 0 saturated heterocycles. The van der Waals surface area contributed by atoms with E-state index in [4.69, 9.17) is 18.9 Å². The molecule has 2 heterocycles.